The zero-order chi connectivity index (χ0) is 24.1. The van der Waals surface area contributed by atoms with E-state index in [0.29, 0.717) is 0 Å². The van der Waals surface area contributed by atoms with Gasteiger partial charge in [-0.3, -0.25) is 4.79 Å². The summed E-state index contributed by atoms with van der Waals surface area (Å²) in [7, 11) is 1.36. The molecule has 12 heteroatoms. The van der Waals surface area contributed by atoms with E-state index in [9.17, 15) is 29.4 Å². The van der Waals surface area contributed by atoms with E-state index >= 15 is 0 Å². The van der Waals surface area contributed by atoms with Gasteiger partial charge in [0.05, 0.1) is 12.7 Å². The molecule has 1 aromatic carbocycles. The van der Waals surface area contributed by atoms with Gasteiger partial charge in [0.1, 0.15) is 35.8 Å². The summed E-state index contributed by atoms with van der Waals surface area (Å²) in [5.41, 5.74) is -0.623. The molecular weight excluding hydrogens is 444 g/mol. The van der Waals surface area contributed by atoms with Crippen LogP contribution in [0.4, 0.5) is 4.79 Å². The van der Waals surface area contributed by atoms with E-state index in [4.69, 9.17) is 14.2 Å². The molecule has 0 aromatic heterocycles. The predicted molar refractivity (Wildman–Crippen MR) is 114 cm³/mol. The molecule has 0 bridgehead atoms. The minimum Gasteiger partial charge on any atom is -0.507 e. The fraction of sp³-hybridized carbons (Fsp3) is 0.500. The molecule has 2 rings (SSSR count). The number of aliphatic carboxylic acids is 1. The molecule has 4 N–H and O–H groups in total. The van der Waals surface area contributed by atoms with Crippen molar-refractivity contribution in [3.8, 4) is 11.5 Å². The third-order valence-electron chi connectivity index (χ3n) is 4.19. The summed E-state index contributed by atoms with van der Waals surface area (Å²) in [6.07, 6.45) is -0.943. The molecule has 0 spiro atoms. The second kappa shape index (κ2) is 10.4. The SMILES string of the molecule is COc1cc(O)c2c(c1)C(=O)OC[C@H](NC(=O)OC(C)(C)C)C(=O)N[C@H](C(=O)O)CSC2. The predicted octanol–water partition coefficient (Wildman–Crippen LogP) is 1.27. The number of alkyl carbamates (subject to hydrolysis) is 1. The molecule has 0 fully saturated rings. The highest BCUT2D eigenvalue weighted by molar-refractivity contribution is 7.98. The van der Waals surface area contributed by atoms with Gasteiger partial charge in [0.2, 0.25) is 5.91 Å². The highest BCUT2D eigenvalue weighted by atomic mass is 32.2. The van der Waals surface area contributed by atoms with Crippen molar-refractivity contribution in [1.29, 1.82) is 0 Å². The Bertz CT molecular complexity index is 898. The number of benzene rings is 1. The number of rotatable bonds is 3. The Balaban J connectivity index is 2.37. The molecule has 0 saturated carbocycles. The lowest BCUT2D eigenvalue weighted by Crippen LogP contribution is -2.55. The van der Waals surface area contributed by atoms with E-state index in [1.165, 1.54) is 19.2 Å². The van der Waals surface area contributed by atoms with Gasteiger partial charge in [-0.05, 0) is 26.8 Å². The quantitative estimate of drug-likeness (QED) is 0.474. The average molecular weight is 471 g/mol. The first-order valence-electron chi connectivity index (χ1n) is 9.58. The number of methoxy groups -OCH3 is 1. The summed E-state index contributed by atoms with van der Waals surface area (Å²) >= 11 is 1.09. The number of hydrogen-bond donors (Lipinski definition) is 4. The van der Waals surface area contributed by atoms with Crippen molar-refractivity contribution in [2.24, 2.45) is 0 Å². The molecule has 0 unspecified atom stereocenters. The maximum absolute atomic E-state index is 12.7. The van der Waals surface area contributed by atoms with Crippen LogP contribution in [-0.2, 0) is 24.8 Å². The van der Waals surface area contributed by atoms with Crippen LogP contribution in [0.5, 0.6) is 11.5 Å². The monoisotopic (exact) mass is 470 g/mol. The number of ether oxygens (including phenoxy) is 3. The van der Waals surface area contributed by atoms with Crippen molar-refractivity contribution in [3.63, 3.8) is 0 Å². The van der Waals surface area contributed by atoms with Crippen LogP contribution in [0, 0.1) is 0 Å². The molecule has 1 aliphatic heterocycles. The number of nitrogens with one attached hydrogen (secondary N) is 2. The summed E-state index contributed by atoms with van der Waals surface area (Å²) in [4.78, 5) is 49.1. The van der Waals surface area contributed by atoms with Gasteiger partial charge in [-0.15, -0.1) is 0 Å². The van der Waals surface area contributed by atoms with Crippen molar-refractivity contribution >= 4 is 35.7 Å². The zero-order valence-corrected chi connectivity index (χ0v) is 18.9. The molecule has 1 aliphatic rings. The van der Waals surface area contributed by atoms with E-state index in [1.807, 2.05) is 0 Å². The van der Waals surface area contributed by atoms with Crippen LogP contribution in [0.25, 0.3) is 0 Å². The standard InChI is InChI=1S/C20H26N2O9S/c1-20(2,3)31-19(28)22-13-7-30-18(27)11-5-10(29-4)6-15(23)12(11)8-32-9-14(17(25)26)21-16(13)24/h5-6,13-14,23H,7-9H2,1-4H3,(H,21,24)(H,22,28)(H,25,26)/t13-,14-/m0/s1. The summed E-state index contributed by atoms with van der Waals surface area (Å²) in [5.74, 6) is -2.98. The molecule has 0 saturated heterocycles. The molecule has 2 atom stereocenters. The normalized spacial score (nSPS) is 19.9. The number of thioether (sulfide) groups is 1. The van der Waals surface area contributed by atoms with E-state index in [-0.39, 0.29) is 34.1 Å². The largest absolute Gasteiger partial charge is 0.507 e. The molecule has 0 aliphatic carbocycles. The maximum Gasteiger partial charge on any atom is 0.408 e. The zero-order valence-electron chi connectivity index (χ0n) is 18.1. The molecule has 1 aromatic rings. The third-order valence-corrected chi connectivity index (χ3v) is 5.25. The number of aromatic hydroxyl groups is 1. The van der Waals surface area contributed by atoms with Crippen LogP contribution >= 0.6 is 11.8 Å². The fourth-order valence-corrected chi connectivity index (χ4v) is 3.76. The van der Waals surface area contributed by atoms with Gasteiger partial charge in [0, 0.05) is 23.1 Å². The van der Waals surface area contributed by atoms with Crippen LogP contribution in [0.1, 0.15) is 36.7 Å². The van der Waals surface area contributed by atoms with Crippen molar-refractivity contribution in [3.05, 3.63) is 23.3 Å². The molecule has 11 nitrogen and oxygen atoms in total. The third kappa shape index (κ3) is 6.94. The second-order valence-electron chi connectivity index (χ2n) is 7.88. The summed E-state index contributed by atoms with van der Waals surface area (Å²) < 4.78 is 15.4. The van der Waals surface area contributed by atoms with Gasteiger partial charge in [-0.25, -0.2) is 14.4 Å². The first-order chi connectivity index (χ1) is 14.9. The van der Waals surface area contributed by atoms with Crippen LogP contribution < -0.4 is 15.4 Å². The Hall–Kier alpha value is -3.15. The lowest BCUT2D eigenvalue weighted by Gasteiger charge is -2.25. The number of amides is 2. The van der Waals surface area contributed by atoms with Crippen molar-refractivity contribution in [2.75, 3.05) is 19.5 Å². The minimum absolute atomic E-state index is 0.00164. The number of fused-ring (bicyclic) bond motifs is 1. The maximum atomic E-state index is 12.7. The first-order valence-corrected chi connectivity index (χ1v) is 10.7. The molecule has 2 amide bonds. The van der Waals surface area contributed by atoms with Crippen LogP contribution in [-0.4, -0.2) is 71.3 Å². The van der Waals surface area contributed by atoms with Gasteiger partial charge in [0.25, 0.3) is 0 Å². The van der Waals surface area contributed by atoms with Crippen molar-refractivity contribution in [2.45, 2.75) is 44.2 Å². The number of carboxylic acids is 1. The number of phenolic OH excluding ortho intramolecular Hbond substituents is 1. The van der Waals surface area contributed by atoms with Crippen molar-refractivity contribution < 1.29 is 43.6 Å². The smallest absolute Gasteiger partial charge is 0.408 e. The Morgan fingerprint density at radius 3 is 2.56 bits per heavy atom. The lowest BCUT2D eigenvalue weighted by molar-refractivity contribution is -0.141. The Kier molecular flexibility index (Phi) is 8.19. The van der Waals surface area contributed by atoms with Gasteiger partial charge < -0.3 is 35.1 Å². The van der Waals surface area contributed by atoms with E-state index in [0.717, 1.165) is 11.8 Å². The van der Waals surface area contributed by atoms with E-state index in [1.54, 1.807) is 20.8 Å². The summed E-state index contributed by atoms with van der Waals surface area (Å²) in [6, 6.07) is -0.00600. The number of phenols is 1. The number of carbonyl (C=O) groups is 4. The fourth-order valence-electron chi connectivity index (χ4n) is 2.68. The number of carbonyl (C=O) groups excluding carboxylic acids is 3. The molecule has 1 heterocycles. The molecule has 32 heavy (non-hydrogen) atoms. The number of carboxylic acid groups (broad SMARTS) is 1. The first kappa shape index (κ1) is 25.1. The van der Waals surface area contributed by atoms with E-state index < -0.39 is 48.2 Å². The van der Waals surface area contributed by atoms with E-state index in [2.05, 4.69) is 10.6 Å². The topological polar surface area (TPSA) is 160 Å². The highest BCUT2D eigenvalue weighted by Gasteiger charge is 2.31. The molecule has 176 valence electrons. The Labute approximate surface area is 188 Å². The lowest BCUT2D eigenvalue weighted by atomic mass is 10.1. The Morgan fingerprint density at radius 1 is 1.28 bits per heavy atom. The highest BCUT2D eigenvalue weighted by Crippen LogP contribution is 2.32. The molecular formula is C20H26N2O9S. The van der Waals surface area contributed by atoms with Gasteiger partial charge in [-0.2, -0.15) is 11.8 Å². The summed E-state index contributed by atoms with van der Waals surface area (Å²) in [5, 5.41) is 24.4. The van der Waals surface area contributed by atoms with Gasteiger partial charge in [0.15, 0.2) is 0 Å². The Morgan fingerprint density at radius 2 is 1.97 bits per heavy atom. The number of hydrogen-bond acceptors (Lipinski definition) is 9. The van der Waals surface area contributed by atoms with Gasteiger partial charge >= 0.3 is 18.0 Å². The molecule has 0 radical (unpaired) electrons. The van der Waals surface area contributed by atoms with Crippen molar-refractivity contribution in [1.82, 2.24) is 10.6 Å². The number of esters is 1. The number of cyclic esters (lactones) is 1. The van der Waals surface area contributed by atoms with Gasteiger partial charge in [-0.1, -0.05) is 0 Å². The van der Waals surface area contributed by atoms with Crippen LogP contribution in [0.15, 0.2) is 12.1 Å². The van der Waals surface area contributed by atoms with Crippen LogP contribution in [0.2, 0.25) is 0 Å². The van der Waals surface area contributed by atoms with Crippen LogP contribution in [0.3, 0.4) is 0 Å². The summed E-state index contributed by atoms with van der Waals surface area (Å²) in [6.45, 7) is 4.28. The average Bonchev–Trinajstić information content (AvgIpc) is 2.68. The minimum atomic E-state index is -1.41. The second-order valence-corrected chi connectivity index (χ2v) is 8.91.